The van der Waals surface area contributed by atoms with Crippen molar-refractivity contribution in [1.29, 1.82) is 0 Å². The molecule has 0 aromatic heterocycles. The second kappa shape index (κ2) is 6.08. The van der Waals surface area contributed by atoms with Crippen LogP contribution >= 0.6 is 0 Å². The van der Waals surface area contributed by atoms with E-state index >= 15 is 0 Å². The third kappa shape index (κ3) is 3.55. The molecule has 122 valence electrons. The molecule has 1 unspecified atom stereocenters. The highest BCUT2D eigenvalue weighted by Crippen LogP contribution is 2.37. The molecular weight excluding hydrogens is 302 g/mol. The van der Waals surface area contributed by atoms with Gasteiger partial charge in [0.1, 0.15) is 11.6 Å². The molecule has 6 heteroatoms. The third-order valence-corrected chi connectivity index (χ3v) is 9.08. The third-order valence-electron chi connectivity index (χ3n) is 4.60. The SMILES string of the molecule is CC(C)(C)[Si](C)(C)OCc1cc(F)c(C2CC=NN2)cc1F. The maximum absolute atomic E-state index is 14.3. The molecule has 0 bridgehead atoms. The van der Waals surface area contributed by atoms with Crippen LogP contribution in [-0.2, 0) is 11.0 Å². The molecule has 1 aliphatic rings. The van der Waals surface area contributed by atoms with Crippen molar-refractivity contribution in [3.8, 4) is 0 Å². The molecule has 1 heterocycles. The summed E-state index contributed by atoms with van der Waals surface area (Å²) in [6.45, 7) is 10.6. The van der Waals surface area contributed by atoms with Crippen LogP contribution in [0, 0.1) is 11.6 Å². The minimum Gasteiger partial charge on any atom is -0.412 e. The van der Waals surface area contributed by atoms with E-state index in [0.29, 0.717) is 12.0 Å². The quantitative estimate of drug-likeness (QED) is 0.826. The molecule has 0 amide bonds. The zero-order valence-electron chi connectivity index (χ0n) is 13.8. The molecule has 0 saturated carbocycles. The summed E-state index contributed by atoms with van der Waals surface area (Å²) in [4.78, 5) is 0. The molecule has 1 aliphatic heterocycles. The van der Waals surface area contributed by atoms with Gasteiger partial charge in [-0.25, -0.2) is 8.78 Å². The van der Waals surface area contributed by atoms with Gasteiger partial charge in [0.2, 0.25) is 0 Å². The van der Waals surface area contributed by atoms with Crippen LogP contribution in [0.1, 0.15) is 44.4 Å². The Morgan fingerprint density at radius 2 is 1.95 bits per heavy atom. The van der Waals surface area contributed by atoms with Crippen molar-refractivity contribution >= 4 is 14.5 Å². The lowest BCUT2D eigenvalue weighted by atomic mass is 10.0. The minimum atomic E-state index is -1.99. The van der Waals surface area contributed by atoms with Crippen LogP contribution in [0.15, 0.2) is 17.2 Å². The second-order valence-electron chi connectivity index (χ2n) is 7.24. The average Bonchev–Trinajstić information content (AvgIpc) is 2.91. The number of rotatable bonds is 4. The highest BCUT2D eigenvalue weighted by Gasteiger charge is 2.37. The van der Waals surface area contributed by atoms with Crippen LogP contribution in [0.25, 0.3) is 0 Å². The van der Waals surface area contributed by atoms with Crippen molar-refractivity contribution in [1.82, 2.24) is 5.43 Å². The summed E-state index contributed by atoms with van der Waals surface area (Å²) in [6.07, 6.45) is 2.23. The molecule has 22 heavy (non-hydrogen) atoms. The van der Waals surface area contributed by atoms with Gasteiger partial charge in [-0.2, -0.15) is 5.10 Å². The summed E-state index contributed by atoms with van der Waals surface area (Å²) in [7, 11) is -1.99. The monoisotopic (exact) mass is 326 g/mol. The van der Waals surface area contributed by atoms with Gasteiger partial charge in [0.15, 0.2) is 8.32 Å². The summed E-state index contributed by atoms with van der Waals surface area (Å²) in [5.74, 6) is -0.845. The molecule has 1 atom stereocenters. The minimum absolute atomic E-state index is 0.0348. The van der Waals surface area contributed by atoms with Gasteiger partial charge in [-0.15, -0.1) is 0 Å². The zero-order chi connectivity index (χ0) is 16.5. The standard InChI is InChI=1S/C16H24F2N2OSi/c1-16(2,3)22(4,5)21-10-11-8-14(18)12(9-13(11)17)15-6-7-19-20-15/h7-9,15,20H,6,10H2,1-5H3. The van der Waals surface area contributed by atoms with Crippen LogP contribution in [0.5, 0.6) is 0 Å². The number of hydrazone groups is 1. The number of hydrogen-bond acceptors (Lipinski definition) is 3. The van der Waals surface area contributed by atoms with E-state index in [4.69, 9.17) is 4.43 Å². The Balaban J connectivity index is 2.14. The highest BCUT2D eigenvalue weighted by molar-refractivity contribution is 6.74. The van der Waals surface area contributed by atoms with E-state index in [-0.39, 0.29) is 23.3 Å². The number of halogens is 2. The van der Waals surface area contributed by atoms with Crippen molar-refractivity contribution in [3.05, 3.63) is 34.9 Å². The lowest BCUT2D eigenvalue weighted by molar-refractivity contribution is 0.270. The smallest absolute Gasteiger partial charge is 0.192 e. The summed E-state index contributed by atoms with van der Waals surface area (Å²) in [5, 5.41) is 3.88. The van der Waals surface area contributed by atoms with Crippen LogP contribution in [0.2, 0.25) is 18.1 Å². The number of nitrogens with one attached hydrogen (secondary N) is 1. The Bertz CT molecular complexity index is 574. The van der Waals surface area contributed by atoms with Crippen LogP contribution in [0.3, 0.4) is 0 Å². The molecule has 0 radical (unpaired) electrons. The van der Waals surface area contributed by atoms with Crippen LogP contribution < -0.4 is 5.43 Å². The van der Waals surface area contributed by atoms with Gasteiger partial charge in [0, 0.05) is 23.8 Å². The maximum Gasteiger partial charge on any atom is 0.192 e. The predicted molar refractivity (Wildman–Crippen MR) is 87.3 cm³/mol. The lowest BCUT2D eigenvalue weighted by Crippen LogP contribution is -2.40. The Kier molecular flexibility index (Phi) is 4.72. The normalized spacial score (nSPS) is 18.6. The van der Waals surface area contributed by atoms with Crippen molar-refractivity contribution in [2.75, 3.05) is 0 Å². The Morgan fingerprint density at radius 1 is 1.27 bits per heavy atom. The fourth-order valence-corrected chi connectivity index (χ4v) is 2.96. The molecule has 0 aliphatic carbocycles. The molecule has 0 spiro atoms. The van der Waals surface area contributed by atoms with Gasteiger partial charge in [-0.05, 0) is 30.3 Å². The highest BCUT2D eigenvalue weighted by atomic mass is 28.4. The van der Waals surface area contributed by atoms with E-state index < -0.39 is 20.0 Å². The Labute approximate surface area is 131 Å². The topological polar surface area (TPSA) is 33.6 Å². The average molecular weight is 326 g/mol. The first-order chi connectivity index (χ1) is 10.1. The first-order valence-corrected chi connectivity index (χ1v) is 10.4. The van der Waals surface area contributed by atoms with Gasteiger partial charge < -0.3 is 9.85 Å². The van der Waals surface area contributed by atoms with Crippen molar-refractivity contribution in [2.45, 2.75) is 58.0 Å². The largest absolute Gasteiger partial charge is 0.412 e. The lowest BCUT2D eigenvalue weighted by Gasteiger charge is -2.36. The van der Waals surface area contributed by atoms with Gasteiger partial charge in [-0.1, -0.05) is 20.8 Å². The van der Waals surface area contributed by atoms with E-state index in [0.717, 1.165) is 0 Å². The molecule has 0 fully saturated rings. The number of nitrogens with zero attached hydrogens (tertiary/aromatic N) is 1. The molecular formula is C16H24F2N2OSi. The van der Waals surface area contributed by atoms with Gasteiger partial charge in [-0.3, -0.25) is 0 Å². The Hall–Kier alpha value is -1.27. The van der Waals surface area contributed by atoms with E-state index in [1.54, 1.807) is 6.21 Å². The van der Waals surface area contributed by atoms with Crippen molar-refractivity contribution in [2.24, 2.45) is 5.10 Å². The summed E-state index contributed by atoms with van der Waals surface area (Å²) >= 11 is 0. The summed E-state index contributed by atoms with van der Waals surface area (Å²) in [6, 6.07) is 2.22. The van der Waals surface area contributed by atoms with Crippen LogP contribution in [-0.4, -0.2) is 14.5 Å². The van der Waals surface area contributed by atoms with Crippen molar-refractivity contribution < 1.29 is 13.2 Å². The fourth-order valence-electron chi connectivity index (χ4n) is 2.01. The number of hydrogen-bond donors (Lipinski definition) is 1. The van der Waals surface area contributed by atoms with E-state index in [9.17, 15) is 8.78 Å². The molecule has 1 aromatic rings. The fraction of sp³-hybridized carbons (Fsp3) is 0.562. The van der Waals surface area contributed by atoms with E-state index in [2.05, 4.69) is 44.4 Å². The van der Waals surface area contributed by atoms with E-state index in [1.165, 1.54) is 12.1 Å². The summed E-state index contributed by atoms with van der Waals surface area (Å²) in [5.41, 5.74) is 3.35. The maximum atomic E-state index is 14.3. The molecule has 1 aromatic carbocycles. The van der Waals surface area contributed by atoms with Crippen molar-refractivity contribution in [3.63, 3.8) is 0 Å². The summed E-state index contributed by atoms with van der Waals surface area (Å²) < 4.78 is 34.5. The van der Waals surface area contributed by atoms with Gasteiger partial charge in [0.05, 0.1) is 12.6 Å². The first-order valence-electron chi connectivity index (χ1n) is 7.50. The molecule has 0 saturated heterocycles. The Morgan fingerprint density at radius 3 is 2.50 bits per heavy atom. The first kappa shape index (κ1) is 17.1. The number of benzene rings is 1. The molecule has 2 rings (SSSR count). The predicted octanol–water partition coefficient (Wildman–Crippen LogP) is 4.51. The van der Waals surface area contributed by atoms with E-state index in [1.807, 2.05) is 0 Å². The second-order valence-corrected chi connectivity index (χ2v) is 12.1. The van der Waals surface area contributed by atoms with Gasteiger partial charge >= 0.3 is 0 Å². The molecule has 3 nitrogen and oxygen atoms in total. The zero-order valence-corrected chi connectivity index (χ0v) is 14.8. The molecule has 1 N–H and O–H groups in total. The van der Waals surface area contributed by atoms with Crippen LogP contribution in [0.4, 0.5) is 8.78 Å². The van der Waals surface area contributed by atoms with Gasteiger partial charge in [0.25, 0.3) is 0 Å².